The quantitative estimate of drug-likeness (QED) is 0.836. The van der Waals surface area contributed by atoms with Crippen molar-refractivity contribution < 1.29 is 18.7 Å². The molecule has 2 saturated heterocycles. The lowest BCUT2D eigenvalue weighted by Gasteiger charge is -2.24. The van der Waals surface area contributed by atoms with Gasteiger partial charge < -0.3 is 14.5 Å². The van der Waals surface area contributed by atoms with Crippen LogP contribution < -0.4 is 0 Å². The number of carbonyl (C=O) groups is 2. The second-order valence-electron chi connectivity index (χ2n) is 6.69. The molecule has 136 valence electrons. The van der Waals surface area contributed by atoms with Crippen LogP contribution in [0.25, 0.3) is 0 Å². The average molecular weight is 348 g/mol. The number of halogens is 1. The van der Waals surface area contributed by atoms with Crippen molar-refractivity contribution in [3.05, 3.63) is 35.6 Å². The van der Waals surface area contributed by atoms with Crippen LogP contribution in [0.1, 0.15) is 31.2 Å². The number of benzene rings is 1. The Morgan fingerprint density at radius 3 is 2.68 bits per heavy atom. The minimum atomic E-state index is -0.296. The van der Waals surface area contributed by atoms with Crippen molar-refractivity contribution in [3.63, 3.8) is 0 Å². The molecule has 0 spiro atoms. The summed E-state index contributed by atoms with van der Waals surface area (Å²) in [6.45, 7) is 3.11. The number of aryl methyl sites for hydroxylation is 1. The van der Waals surface area contributed by atoms with E-state index in [1.807, 2.05) is 15.9 Å². The zero-order valence-corrected chi connectivity index (χ0v) is 14.5. The van der Waals surface area contributed by atoms with Crippen molar-refractivity contribution in [1.29, 1.82) is 0 Å². The van der Waals surface area contributed by atoms with Gasteiger partial charge in [-0.05, 0) is 43.4 Å². The van der Waals surface area contributed by atoms with Crippen LogP contribution in [0.5, 0.6) is 0 Å². The second-order valence-corrected chi connectivity index (χ2v) is 6.69. The lowest BCUT2D eigenvalue weighted by Crippen LogP contribution is -2.41. The summed E-state index contributed by atoms with van der Waals surface area (Å²) in [6, 6.07) is 6.37. The van der Waals surface area contributed by atoms with Crippen molar-refractivity contribution in [2.24, 2.45) is 0 Å². The van der Waals surface area contributed by atoms with E-state index in [1.165, 1.54) is 12.1 Å². The zero-order chi connectivity index (χ0) is 17.6. The van der Waals surface area contributed by atoms with Crippen molar-refractivity contribution in [2.75, 3.05) is 32.8 Å². The molecule has 1 aromatic carbocycles. The van der Waals surface area contributed by atoms with Gasteiger partial charge >= 0.3 is 0 Å². The number of nitrogens with zero attached hydrogens (tertiary/aromatic N) is 2. The molecular formula is C19H25FN2O3. The SMILES string of the molecule is O=C(CCc1cccc(F)c1)N1CCCN(C(=O)C2CCCO2)CC1. The maximum Gasteiger partial charge on any atom is 0.251 e. The van der Waals surface area contributed by atoms with Crippen molar-refractivity contribution in [3.8, 4) is 0 Å². The summed E-state index contributed by atoms with van der Waals surface area (Å²) in [5, 5.41) is 0. The Bertz CT molecular complexity index is 616. The highest BCUT2D eigenvalue weighted by Gasteiger charge is 2.29. The third-order valence-corrected chi connectivity index (χ3v) is 4.88. The fraction of sp³-hybridized carbons (Fsp3) is 0.579. The van der Waals surface area contributed by atoms with Crippen LogP contribution >= 0.6 is 0 Å². The minimum Gasteiger partial charge on any atom is -0.368 e. The lowest BCUT2D eigenvalue weighted by atomic mass is 10.1. The number of hydrogen-bond acceptors (Lipinski definition) is 3. The van der Waals surface area contributed by atoms with E-state index in [1.54, 1.807) is 6.07 Å². The summed E-state index contributed by atoms with van der Waals surface area (Å²) in [6.07, 6.45) is 3.12. The molecule has 0 saturated carbocycles. The van der Waals surface area contributed by atoms with E-state index < -0.39 is 0 Å². The van der Waals surface area contributed by atoms with Gasteiger partial charge in [0.1, 0.15) is 11.9 Å². The first kappa shape index (κ1) is 17.9. The van der Waals surface area contributed by atoms with Crippen LogP contribution in [0.2, 0.25) is 0 Å². The van der Waals surface area contributed by atoms with Crippen LogP contribution in [-0.4, -0.2) is 60.5 Å². The smallest absolute Gasteiger partial charge is 0.251 e. The highest BCUT2D eigenvalue weighted by atomic mass is 19.1. The Labute approximate surface area is 147 Å². The van der Waals surface area contributed by atoms with Crippen molar-refractivity contribution in [1.82, 2.24) is 9.80 Å². The number of carbonyl (C=O) groups excluding carboxylic acids is 2. The molecule has 0 N–H and O–H groups in total. The van der Waals surface area contributed by atoms with E-state index in [9.17, 15) is 14.0 Å². The standard InChI is InChI=1S/C19H25FN2O3/c20-16-5-1-4-15(14-16)7-8-18(23)21-9-3-10-22(12-11-21)19(24)17-6-2-13-25-17/h1,4-5,14,17H,2-3,6-13H2. The van der Waals surface area contributed by atoms with E-state index in [4.69, 9.17) is 4.74 Å². The first-order valence-corrected chi connectivity index (χ1v) is 9.06. The topological polar surface area (TPSA) is 49.9 Å². The Hall–Kier alpha value is -1.95. The summed E-state index contributed by atoms with van der Waals surface area (Å²) in [4.78, 5) is 28.5. The van der Waals surface area contributed by atoms with Crippen LogP contribution in [-0.2, 0) is 20.7 Å². The third-order valence-electron chi connectivity index (χ3n) is 4.88. The zero-order valence-electron chi connectivity index (χ0n) is 14.5. The predicted octanol–water partition coefficient (Wildman–Crippen LogP) is 2.00. The Balaban J connectivity index is 1.48. The molecule has 0 aromatic heterocycles. The monoisotopic (exact) mass is 348 g/mol. The molecule has 2 fully saturated rings. The van der Waals surface area contributed by atoms with Crippen LogP contribution in [0, 0.1) is 5.82 Å². The van der Waals surface area contributed by atoms with Crippen molar-refractivity contribution >= 4 is 11.8 Å². The van der Waals surface area contributed by atoms with Crippen LogP contribution in [0.3, 0.4) is 0 Å². The van der Waals surface area contributed by atoms with Gasteiger partial charge in [0.2, 0.25) is 5.91 Å². The summed E-state index contributed by atoms with van der Waals surface area (Å²) >= 11 is 0. The first-order chi connectivity index (χ1) is 12.1. The first-order valence-electron chi connectivity index (χ1n) is 9.06. The Morgan fingerprint density at radius 1 is 1.12 bits per heavy atom. The van der Waals surface area contributed by atoms with E-state index in [0.29, 0.717) is 45.6 Å². The van der Waals surface area contributed by atoms with Gasteiger partial charge in [-0.2, -0.15) is 0 Å². The fourth-order valence-electron chi connectivity index (χ4n) is 3.47. The predicted molar refractivity (Wildman–Crippen MR) is 91.5 cm³/mol. The molecule has 2 heterocycles. The van der Waals surface area contributed by atoms with Gasteiger partial charge in [-0.3, -0.25) is 9.59 Å². The van der Waals surface area contributed by atoms with Crippen molar-refractivity contribution in [2.45, 2.75) is 38.2 Å². The molecular weight excluding hydrogens is 323 g/mol. The number of hydrogen-bond donors (Lipinski definition) is 0. The molecule has 1 unspecified atom stereocenters. The van der Waals surface area contributed by atoms with Crippen LogP contribution in [0.15, 0.2) is 24.3 Å². The van der Waals surface area contributed by atoms with E-state index >= 15 is 0 Å². The summed E-state index contributed by atoms with van der Waals surface area (Å²) in [7, 11) is 0. The maximum atomic E-state index is 13.2. The molecule has 0 radical (unpaired) electrons. The van der Waals surface area contributed by atoms with Gasteiger partial charge in [0.15, 0.2) is 0 Å². The molecule has 25 heavy (non-hydrogen) atoms. The molecule has 5 nitrogen and oxygen atoms in total. The van der Waals surface area contributed by atoms with Gasteiger partial charge in [-0.15, -0.1) is 0 Å². The molecule has 2 aliphatic rings. The largest absolute Gasteiger partial charge is 0.368 e. The van der Waals surface area contributed by atoms with E-state index in [-0.39, 0.29) is 23.7 Å². The van der Waals surface area contributed by atoms with Crippen LogP contribution in [0.4, 0.5) is 4.39 Å². The summed E-state index contributed by atoms with van der Waals surface area (Å²) in [5.41, 5.74) is 0.832. The maximum absolute atomic E-state index is 13.2. The number of ether oxygens (including phenoxy) is 1. The van der Waals surface area contributed by atoms with E-state index in [0.717, 1.165) is 24.8 Å². The van der Waals surface area contributed by atoms with Gasteiger partial charge in [-0.25, -0.2) is 4.39 Å². The molecule has 2 aliphatic heterocycles. The highest BCUT2D eigenvalue weighted by molar-refractivity contribution is 5.81. The molecule has 3 rings (SSSR count). The van der Waals surface area contributed by atoms with Gasteiger partial charge in [0.25, 0.3) is 5.91 Å². The average Bonchev–Trinajstić information content (AvgIpc) is 3.03. The molecule has 2 amide bonds. The highest BCUT2D eigenvalue weighted by Crippen LogP contribution is 2.16. The number of amides is 2. The summed E-state index contributed by atoms with van der Waals surface area (Å²) in [5.74, 6) is -0.148. The normalized spacial score (nSPS) is 21.2. The van der Waals surface area contributed by atoms with Gasteiger partial charge in [0.05, 0.1) is 0 Å². The lowest BCUT2D eigenvalue weighted by molar-refractivity contribution is -0.141. The molecule has 1 aromatic rings. The summed E-state index contributed by atoms with van der Waals surface area (Å²) < 4.78 is 18.7. The third kappa shape index (κ3) is 4.78. The molecule has 0 bridgehead atoms. The second kappa shape index (κ2) is 8.43. The minimum absolute atomic E-state index is 0.0616. The molecule has 6 heteroatoms. The molecule has 0 aliphatic carbocycles. The van der Waals surface area contributed by atoms with Gasteiger partial charge in [-0.1, -0.05) is 12.1 Å². The Morgan fingerprint density at radius 2 is 1.92 bits per heavy atom. The Kier molecular flexibility index (Phi) is 6.02. The van der Waals surface area contributed by atoms with E-state index in [2.05, 4.69) is 0 Å². The fourth-order valence-corrected chi connectivity index (χ4v) is 3.47. The number of rotatable bonds is 4. The van der Waals surface area contributed by atoms with Gasteiger partial charge in [0, 0.05) is 39.2 Å². The molecule has 1 atom stereocenters.